The zero-order valence-corrected chi connectivity index (χ0v) is 20.0. The first-order chi connectivity index (χ1) is 15.8. The van der Waals surface area contributed by atoms with E-state index in [4.69, 9.17) is 0 Å². The highest BCUT2D eigenvalue weighted by Gasteiger charge is 2.34. The van der Waals surface area contributed by atoms with Crippen molar-refractivity contribution in [2.24, 2.45) is 0 Å². The second-order valence-electron chi connectivity index (χ2n) is 9.45. The van der Waals surface area contributed by atoms with E-state index in [2.05, 4.69) is 67.0 Å². The number of benzene rings is 3. The van der Waals surface area contributed by atoms with Gasteiger partial charge >= 0.3 is 0 Å². The van der Waals surface area contributed by atoms with Gasteiger partial charge in [-0.15, -0.1) is 0 Å². The Kier molecular flexibility index (Phi) is 7.06. The van der Waals surface area contributed by atoms with Gasteiger partial charge in [0.1, 0.15) is 5.82 Å². The molecule has 0 spiro atoms. The molecule has 3 nitrogen and oxygen atoms in total. The summed E-state index contributed by atoms with van der Waals surface area (Å²) in [6, 6.07) is 24.5. The number of Topliss-reactive ketones (excluding diaryl/α,β-unsaturated/α-hetero) is 1. The number of hydrogen-bond acceptors (Lipinski definition) is 3. The van der Waals surface area contributed by atoms with E-state index in [0.29, 0.717) is 12.1 Å². The van der Waals surface area contributed by atoms with Gasteiger partial charge in [-0.2, -0.15) is 0 Å². The van der Waals surface area contributed by atoms with Crippen molar-refractivity contribution < 1.29 is 9.18 Å². The molecule has 4 heteroatoms. The van der Waals surface area contributed by atoms with Gasteiger partial charge < -0.3 is 0 Å². The summed E-state index contributed by atoms with van der Waals surface area (Å²) in [4.78, 5) is 16.9. The Bertz CT molecular complexity index is 1090. The monoisotopic (exact) mass is 444 g/mol. The molecule has 0 bridgehead atoms. The van der Waals surface area contributed by atoms with Crippen LogP contribution < -0.4 is 0 Å². The van der Waals surface area contributed by atoms with Gasteiger partial charge in [-0.25, -0.2) is 4.39 Å². The summed E-state index contributed by atoms with van der Waals surface area (Å²) in [6.07, 6.45) is 0. The predicted molar refractivity (Wildman–Crippen MR) is 132 cm³/mol. The minimum Gasteiger partial charge on any atom is -0.295 e. The van der Waals surface area contributed by atoms with Crippen molar-refractivity contribution in [2.45, 2.75) is 52.4 Å². The highest BCUT2D eigenvalue weighted by Crippen LogP contribution is 2.34. The molecule has 3 aromatic rings. The Balaban J connectivity index is 1.61. The fraction of sp³-hybridized carbons (Fsp3) is 0.345. The molecule has 1 saturated heterocycles. The Hall–Kier alpha value is -2.82. The number of rotatable bonds is 6. The molecule has 33 heavy (non-hydrogen) atoms. The van der Waals surface area contributed by atoms with E-state index in [1.54, 1.807) is 6.92 Å². The van der Waals surface area contributed by atoms with E-state index >= 15 is 0 Å². The number of carbonyl (C=O) groups excluding carboxylic acids is 1. The van der Waals surface area contributed by atoms with E-state index in [9.17, 15) is 9.18 Å². The van der Waals surface area contributed by atoms with Gasteiger partial charge in [0, 0.05) is 37.3 Å². The Morgan fingerprint density at radius 2 is 1.64 bits per heavy atom. The maximum atomic E-state index is 13.3. The highest BCUT2D eigenvalue weighted by molar-refractivity contribution is 5.94. The first kappa shape index (κ1) is 23.3. The maximum Gasteiger partial charge on any atom is 0.159 e. The average Bonchev–Trinajstić information content (AvgIpc) is 2.79. The lowest BCUT2D eigenvalue weighted by molar-refractivity contribution is 0.0195. The first-order valence-electron chi connectivity index (χ1n) is 11.7. The largest absolute Gasteiger partial charge is 0.295 e. The minimum atomic E-state index is -0.193. The van der Waals surface area contributed by atoms with Crippen LogP contribution in [0.15, 0.2) is 72.8 Å². The van der Waals surface area contributed by atoms with Crippen LogP contribution in [0.4, 0.5) is 4.39 Å². The molecular weight excluding hydrogens is 411 g/mol. The molecule has 0 saturated carbocycles. The van der Waals surface area contributed by atoms with Gasteiger partial charge in [0.2, 0.25) is 0 Å². The zero-order valence-electron chi connectivity index (χ0n) is 20.0. The van der Waals surface area contributed by atoms with Gasteiger partial charge in [-0.1, -0.05) is 66.2 Å². The molecule has 0 N–H and O–H groups in total. The molecule has 0 aromatic heterocycles. The smallest absolute Gasteiger partial charge is 0.159 e. The van der Waals surface area contributed by atoms with Gasteiger partial charge in [0.05, 0.1) is 6.04 Å². The number of hydrogen-bond donors (Lipinski definition) is 0. The third kappa shape index (κ3) is 5.40. The molecular formula is C29H33FN2O. The molecule has 0 aliphatic carbocycles. The minimum absolute atomic E-state index is 0.0880. The van der Waals surface area contributed by atoms with E-state index in [-0.39, 0.29) is 17.6 Å². The number of carbonyl (C=O) groups is 1. The number of halogens is 1. The molecule has 3 atom stereocenters. The predicted octanol–water partition coefficient (Wildman–Crippen LogP) is 6.02. The van der Waals surface area contributed by atoms with Crippen LogP contribution in [0.1, 0.15) is 59.4 Å². The third-order valence-corrected chi connectivity index (χ3v) is 6.78. The molecule has 0 radical (unpaired) electrons. The van der Waals surface area contributed by atoms with Gasteiger partial charge in [0.25, 0.3) is 0 Å². The van der Waals surface area contributed by atoms with E-state index in [1.165, 1.54) is 28.8 Å². The van der Waals surface area contributed by atoms with Crippen molar-refractivity contribution in [1.82, 2.24) is 9.80 Å². The van der Waals surface area contributed by atoms with Crippen LogP contribution in [-0.2, 0) is 6.54 Å². The molecule has 4 rings (SSSR count). The molecule has 1 heterocycles. The fourth-order valence-corrected chi connectivity index (χ4v) is 4.95. The summed E-state index contributed by atoms with van der Waals surface area (Å²) in [5.41, 5.74) is 5.60. The first-order valence-corrected chi connectivity index (χ1v) is 11.7. The third-order valence-electron chi connectivity index (χ3n) is 6.78. The summed E-state index contributed by atoms with van der Waals surface area (Å²) in [6.45, 7) is 11.0. The van der Waals surface area contributed by atoms with Crippen molar-refractivity contribution in [2.75, 3.05) is 13.1 Å². The van der Waals surface area contributed by atoms with Gasteiger partial charge in [-0.3, -0.25) is 14.6 Å². The van der Waals surface area contributed by atoms with Crippen LogP contribution in [0, 0.1) is 12.7 Å². The number of piperazine rings is 1. The topological polar surface area (TPSA) is 23.6 Å². The van der Waals surface area contributed by atoms with Crippen LogP contribution in [0.25, 0.3) is 0 Å². The number of ketones is 1. The SMILES string of the molecule is CC(=O)c1ccc([C@H](c2cccc(C)c2)N2C[C@@H](C)N(Cc3ccc(F)cc3)C[C@@H]2C)cc1. The van der Waals surface area contributed by atoms with Crippen molar-refractivity contribution in [1.29, 1.82) is 0 Å². The van der Waals surface area contributed by atoms with Crippen LogP contribution in [0.5, 0.6) is 0 Å². The Labute approximate surface area is 196 Å². The standard InChI is InChI=1S/C29H33FN2O/c1-20-6-5-7-27(16-20)29(26-12-10-25(11-13-26)23(4)33)32-18-21(2)31(17-22(32)3)19-24-8-14-28(30)15-9-24/h5-16,21-22,29H,17-19H2,1-4H3/t21-,22+,29-/m1/s1. The molecule has 0 unspecified atom stereocenters. The quantitative estimate of drug-likeness (QED) is 0.434. The second kappa shape index (κ2) is 9.98. The summed E-state index contributed by atoms with van der Waals surface area (Å²) >= 11 is 0. The summed E-state index contributed by atoms with van der Waals surface area (Å²) in [5, 5.41) is 0. The summed E-state index contributed by atoms with van der Waals surface area (Å²) < 4.78 is 13.3. The van der Waals surface area contributed by atoms with E-state index in [0.717, 1.165) is 30.8 Å². The van der Waals surface area contributed by atoms with E-state index < -0.39 is 0 Å². The van der Waals surface area contributed by atoms with E-state index in [1.807, 2.05) is 24.3 Å². The second-order valence-corrected chi connectivity index (χ2v) is 9.45. The van der Waals surface area contributed by atoms with Crippen molar-refractivity contribution >= 4 is 5.78 Å². The Morgan fingerprint density at radius 1 is 0.939 bits per heavy atom. The highest BCUT2D eigenvalue weighted by atomic mass is 19.1. The molecule has 1 aliphatic heterocycles. The molecule has 3 aromatic carbocycles. The van der Waals surface area contributed by atoms with Crippen LogP contribution in [-0.4, -0.2) is 40.8 Å². The maximum absolute atomic E-state index is 13.3. The lowest BCUT2D eigenvalue weighted by Gasteiger charge is -2.47. The summed E-state index contributed by atoms with van der Waals surface area (Å²) in [7, 11) is 0. The lowest BCUT2D eigenvalue weighted by Crippen LogP contribution is -2.56. The molecule has 1 aliphatic rings. The van der Waals surface area contributed by atoms with Crippen molar-refractivity contribution in [3.05, 3.63) is 106 Å². The van der Waals surface area contributed by atoms with Gasteiger partial charge in [0.15, 0.2) is 5.78 Å². The van der Waals surface area contributed by atoms with Crippen molar-refractivity contribution in [3.63, 3.8) is 0 Å². The number of aryl methyl sites for hydroxylation is 1. The average molecular weight is 445 g/mol. The fourth-order valence-electron chi connectivity index (χ4n) is 4.95. The molecule has 0 amide bonds. The van der Waals surface area contributed by atoms with Crippen LogP contribution >= 0.6 is 0 Å². The molecule has 172 valence electrons. The molecule has 1 fully saturated rings. The van der Waals surface area contributed by atoms with Crippen LogP contribution in [0.3, 0.4) is 0 Å². The number of nitrogens with zero attached hydrogens (tertiary/aromatic N) is 2. The zero-order chi connectivity index (χ0) is 23.5. The normalized spacial score (nSPS) is 20.5. The lowest BCUT2D eigenvalue weighted by atomic mass is 9.92. The summed E-state index contributed by atoms with van der Waals surface area (Å²) in [5.74, 6) is -0.105. The van der Waals surface area contributed by atoms with Crippen molar-refractivity contribution in [3.8, 4) is 0 Å². The van der Waals surface area contributed by atoms with Crippen LogP contribution in [0.2, 0.25) is 0 Å². The Morgan fingerprint density at radius 3 is 2.27 bits per heavy atom. The van der Waals surface area contributed by atoms with Gasteiger partial charge in [-0.05, 0) is 56.5 Å².